The molecule has 0 spiro atoms. The Morgan fingerprint density at radius 1 is 1.35 bits per heavy atom. The third kappa shape index (κ3) is 3.68. The first-order valence-corrected chi connectivity index (χ1v) is 8.58. The molecule has 3 rings (SSSR count). The minimum Gasteiger partial charge on any atom is -0.469 e. The average molecular weight is 359 g/mol. The number of esters is 1. The molecule has 1 fully saturated rings. The van der Waals surface area contributed by atoms with Gasteiger partial charge in [-0.1, -0.05) is 0 Å². The summed E-state index contributed by atoms with van der Waals surface area (Å²) in [4.78, 5) is 48.5. The Labute approximate surface area is 150 Å². The molecule has 1 saturated heterocycles. The smallest absolute Gasteiger partial charge is 0.305 e. The van der Waals surface area contributed by atoms with E-state index in [1.807, 2.05) is 12.1 Å². The summed E-state index contributed by atoms with van der Waals surface area (Å²) in [5, 5.41) is 5.51. The molecule has 0 aromatic heterocycles. The van der Waals surface area contributed by atoms with E-state index < -0.39 is 11.9 Å². The van der Waals surface area contributed by atoms with Crippen LogP contribution in [0.5, 0.6) is 0 Å². The van der Waals surface area contributed by atoms with Crippen LogP contribution in [-0.4, -0.2) is 48.3 Å². The van der Waals surface area contributed by atoms with E-state index in [4.69, 9.17) is 0 Å². The molecule has 2 aliphatic heterocycles. The third-order valence-corrected chi connectivity index (χ3v) is 4.64. The minimum absolute atomic E-state index is 0.188. The SMILES string of the molecule is COC(=O)CCCNc1ccc2c(c1)CN(C1CCC(=O)NC1=O)C2=O. The van der Waals surface area contributed by atoms with Crippen LogP contribution in [0.15, 0.2) is 18.2 Å². The van der Waals surface area contributed by atoms with Crippen molar-refractivity contribution >= 4 is 29.4 Å². The average Bonchev–Trinajstić information content (AvgIpc) is 2.94. The van der Waals surface area contributed by atoms with Gasteiger partial charge in [-0.25, -0.2) is 0 Å². The van der Waals surface area contributed by atoms with E-state index in [1.165, 1.54) is 12.0 Å². The van der Waals surface area contributed by atoms with Gasteiger partial charge in [0.25, 0.3) is 5.91 Å². The van der Waals surface area contributed by atoms with Gasteiger partial charge >= 0.3 is 5.97 Å². The normalized spacial score (nSPS) is 19.2. The molecule has 2 N–H and O–H groups in total. The molecule has 0 bridgehead atoms. The Morgan fingerprint density at radius 3 is 2.88 bits per heavy atom. The van der Waals surface area contributed by atoms with Gasteiger partial charge in [0, 0.05) is 37.2 Å². The summed E-state index contributed by atoms with van der Waals surface area (Å²) in [5.74, 6) is -1.14. The molecule has 2 heterocycles. The molecule has 1 aromatic carbocycles. The van der Waals surface area contributed by atoms with Crippen LogP contribution < -0.4 is 10.6 Å². The number of nitrogens with one attached hydrogen (secondary N) is 2. The summed E-state index contributed by atoms with van der Waals surface area (Å²) >= 11 is 0. The number of methoxy groups -OCH3 is 1. The maximum Gasteiger partial charge on any atom is 0.305 e. The van der Waals surface area contributed by atoms with Crippen molar-refractivity contribution in [3.8, 4) is 0 Å². The van der Waals surface area contributed by atoms with E-state index in [1.54, 1.807) is 6.07 Å². The number of fused-ring (bicyclic) bond motifs is 1. The molecule has 0 aliphatic carbocycles. The van der Waals surface area contributed by atoms with Crippen LogP contribution in [0, 0.1) is 0 Å². The van der Waals surface area contributed by atoms with E-state index in [-0.39, 0.29) is 24.2 Å². The maximum atomic E-state index is 12.6. The Morgan fingerprint density at radius 2 is 2.15 bits per heavy atom. The number of imide groups is 1. The molecule has 26 heavy (non-hydrogen) atoms. The second-order valence-corrected chi connectivity index (χ2v) is 6.38. The highest BCUT2D eigenvalue weighted by molar-refractivity contribution is 6.05. The van der Waals surface area contributed by atoms with Crippen LogP contribution in [0.25, 0.3) is 0 Å². The van der Waals surface area contributed by atoms with Crippen molar-refractivity contribution in [1.82, 2.24) is 10.2 Å². The maximum absolute atomic E-state index is 12.6. The first-order valence-electron chi connectivity index (χ1n) is 8.58. The number of hydrogen-bond acceptors (Lipinski definition) is 6. The van der Waals surface area contributed by atoms with E-state index in [9.17, 15) is 19.2 Å². The van der Waals surface area contributed by atoms with Gasteiger partial charge < -0.3 is 15.0 Å². The Bertz CT molecular complexity index is 761. The van der Waals surface area contributed by atoms with Crippen LogP contribution in [0.4, 0.5) is 5.69 Å². The number of nitrogens with zero attached hydrogens (tertiary/aromatic N) is 1. The van der Waals surface area contributed by atoms with Gasteiger partial charge in [-0.15, -0.1) is 0 Å². The van der Waals surface area contributed by atoms with Gasteiger partial charge in [-0.3, -0.25) is 24.5 Å². The number of amides is 3. The predicted octanol–water partition coefficient (Wildman–Crippen LogP) is 0.813. The molecular weight excluding hydrogens is 338 g/mol. The highest BCUT2D eigenvalue weighted by Crippen LogP contribution is 2.29. The lowest BCUT2D eigenvalue weighted by molar-refractivity contribution is -0.141. The number of piperidine rings is 1. The van der Waals surface area contributed by atoms with Crippen LogP contribution in [0.1, 0.15) is 41.6 Å². The highest BCUT2D eigenvalue weighted by Gasteiger charge is 2.38. The Balaban J connectivity index is 1.62. The number of anilines is 1. The molecule has 1 unspecified atom stereocenters. The summed E-state index contributed by atoms with van der Waals surface area (Å²) in [6, 6.07) is 4.83. The Kier molecular flexibility index (Phi) is 5.20. The molecule has 0 saturated carbocycles. The Hall–Kier alpha value is -2.90. The number of benzene rings is 1. The van der Waals surface area contributed by atoms with E-state index in [0.29, 0.717) is 37.9 Å². The predicted molar refractivity (Wildman–Crippen MR) is 92.2 cm³/mol. The lowest BCUT2D eigenvalue weighted by Gasteiger charge is -2.29. The van der Waals surface area contributed by atoms with Gasteiger partial charge in [0.05, 0.1) is 7.11 Å². The number of ether oxygens (including phenoxy) is 1. The van der Waals surface area contributed by atoms with Gasteiger partial charge in [-0.05, 0) is 36.6 Å². The molecular formula is C18H21N3O5. The summed E-state index contributed by atoms with van der Waals surface area (Å²) < 4.78 is 4.60. The zero-order valence-electron chi connectivity index (χ0n) is 14.5. The monoisotopic (exact) mass is 359 g/mol. The molecule has 138 valence electrons. The van der Waals surface area contributed by atoms with Crippen LogP contribution >= 0.6 is 0 Å². The zero-order valence-corrected chi connectivity index (χ0v) is 14.5. The van der Waals surface area contributed by atoms with Crippen molar-refractivity contribution in [1.29, 1.82) is 0 Å². The highest BCUT2D eigenvalue weighted by atomic mass is 16.5. The van der Waals surface area contributed by atoms with Crippen molar-refractivity contribution in [2.24, 2.45) is 0 Å². The molecule has 8 nitrogen and oxygen atoms in total. The fourth-order valence-electron chi connectivity index (χ4n) is 3.25. The fraction of sp³-hybridized carbons (Fsp3) is 0.444. The summed E-state index contributed by atoms with van der Waals surface area (Å²) in [5.41, 5.74) is 2.28. The third-order valence-electron chi connectivity index (χ3n) is 4.64. The topological polar surface area (TPSA) is 105 Å². The quantitative estimate of drug-likeness (QED) is 0.442. The summed E-state index contributed by atoms with van der Waals surface area (Å²) in [6.07, 6.45) is 1.58. The second-order valence-electron chi connectivity index (χ2n) is 6.38. The molecule has 0 radical (unpaired) electrons. The zero-order chi connectivity index (χ0) is 18.7. The first-order chi connectivity index (χ1) is 12.5. The molecule has 1 atom stereocenters. The first kappa shape index (κ1) is 17.9. The number of carbonyl (C=O) groups is 4. The number of hydrogen-bond donors (Lipinski definition) is 2. The summed E-state index contributed by atoms with van der Waals surface area (Å²) in [7, 11) is 1.36. The largest absolute Gasteiger partial charge is 0.469 e. The van der Waals surface area contributed by atoms with Gasteiger partial charge in [0.2, 0.25) is 11.8 Å². The molecule has 8 heteroatoms. The van der Waals surface area contributed by atoms with Crippen molar-refractivity contribution in [3.05, 3.63) is 29.3 Å². The fourth-order valence-corrected chi connectivity index (χ4v) is 3.25. The van der Waals surface area contributed by atoms with Crippen LogP contribution in [0.3, 0.4) is 0 Å². The number of rotatable bonds is 6. The van der Waals surface area contributed by atoms with Gasteiger partial charge in [0.1, 0.15) is 6.04 Å². The van der Waals surface area contributed by atoms with E-state index in [2.05, 4.69) is 15.4 Å². The molecule has 2 aliphatic rings. The minimum atomic E-state index is -0.607. The lowest BCUT2D eigenvalue weighted by Crippen LogP contribution is -2.52. The van der Waals surface area contributed by atoms with E-state index in [0.717, 1.165) is 11.3 Å². The van der Waals surface area contributed by atoms with Crippen molar-refractivity contribution < 1.29 is 23.9 Å². The second kappa shape index (κ2) is 7.55. The number of carbonyl (C=O) groups excluding carboxylic acids is 4. The molecule has 1 aromatic rings. The van der Waals surface area contributed by atoms with Crippen LogP contribution in [0.2, 0.25) is 0 Å². The van der Waals surface area contributed by atoms with Crippen molar-refractivity contribution in [2.45, 2.75) is 38.3 Å². The lowest BCUT2D eigenvalue weighted by atomic mass is 10.0. The summed E-state index contributed by atoms with van der Waals surface area (Å²) in [6.45, 7) is 0.955. The standard InChI is InChI=1S/C18H21N3O5/c1-26-16(23)3-2-8-19-12-4-5-13-11(9-12)10-21(18(13)25)14-6-7-15(22)20-17(14)24/h4-5,9,14,19H,2-3,6-8,10H2,1H3,(H,20,22,24). The van der Waals surface area contributed by atoms with E-state index >= 15 is 0 Å². The van der Waals surface area contributed by atoms with Crippen molar-refractivity contribution in [3.63, 3.8) is 0 Å². The van der Waals surface area contributed by atoms with Gasteiger partial charge in [-0.2, -0.15) is 0 Å². The van der Waals surface area contributed by atoms with Crippen LogP contribution in [-0.2, 0) is 25.7 Å². The van der Waals surface area contributed by atoms with Gasteiger partial charge in [0.15, 0.2) is 0 Å². The van der Waals surface area contributed by atoms with Crippen molar-refractivity contribution in [2.75, 3.05) is 19.0 Å². The molecule has 3 amide bonds.